The van der Waals surface area contributed by atoms with Crippen LogP contribution in [0.15, 0.2) is 22.7 Å². The standard InChI is InChI=1S/C27H37FN6O4/c1-17(2)21-19-7-6-8-20(28)22(19)34(30-21)24-29-23(38-31-24)27(36)11-15-32(16-12-27)18-9-13-33(14-10-18)25(35)37-26(3,4)5/h6-8,17-18,36H,9-16H2,1-5H3. The van der Waals surface area contributed by atoms with Crippen LogP contribution in [-0.4, -0.2) is 78.7 Å². The lowest BCUT2D eigenvalue weighted by Crippen LogP contribution is -2.52. The van der Waals surface area contributed by atoms with E-state index in [0.717, 1.165) is 18.5 Å². The molecule has 0 saturated carbocycles. The Kier molecular flexibility index (Phi) is 6.93. The summed E-state index contributed by atoms with van der Waals surface area (Å²) >= 11 is 0. The number of carbonyl (C=O) groups is 1. The molecule has 0 aliphatic carbocycles. The van der Waals surface area contributed by atoms with E-state index in [-0.39, 0.29) is 23.9 Å². The third-order valence-corrected chi connectivity index (χ3v) is 7.49. The Hall–Kier alpha value is -3.05. The number of fused-ring (bicyclic) bond motifs is 1. The monoisotopic (exact) mass is 528 g/mol. The molecule has 1 aromatic carbocycles. The molecular formula is C27H37FN6O4. The normalized spacial score (nSPS) is 19.4. The van der Waals surface area contributed by atoms with E-state index in [4.69, 9.17) is 9.26 Å². The molecule has 0 spiro atoms. The van der Waals surface area contributed by atoms with Crippen molar-refractivity contribution in [3.63, 3.8) is 0 Å². The van der Waals surface area contributed by atoms with Crippen molar-refractivity contribution in [1.82, 2.24) is 29.7 Å². The first-order valence-electron chi connectivity index (χ1n) is 13.4. The Morgan fingerprint density at radius 1 is 1.18 bits per heavy atom. The number of piperidine rings is 2. The molecule has 2 fully saturated rings. The molecule has 0 unspecified atom stereocenters. The van der Waals surface area contributed by atoms with Crippen LogP contribution in [-0.2, 0) is 10.3 Å². The molecular weight excluding hydrogens is 491 g/mol. The maximum Gasteiger partial charge on any atom is 0.410 e. The van der Waals surface area contributed by atoms with Gasteiger partial charge in [0.05, 0.1) is 5.69 Å². The number of aliphatic hydroxyl groups is 1. The highest BCUT2D eigenvalue weighted by atomic mass is 19.1. The average Bonchev–Trinajstić information content (AvgIpc) is 3.50. The van der Waals surface area contributed by atoms with E-state index in [1.165, 1.54) is 10.7 Å². The lowest BCUT2D eigenvalue weighted by molar-refractivity contribution is -0.0623. The van der Waals surface area contributed by atoms with E-state index in [1.54, 1.807) is 11.0 Å². The number of likely N-dealkylation sites (tertiary alicyclic amines) is 2. The molecule has 5 rings (SSSR count). The topological polar surface area (TPSA) is 110 Å². The van der Waals surface area contributed by atoms with Crippen LogP contribution in [0.4, 0.5) is 9.18 Å². The van der Waals surface area contributed by atoms with Gasteiger partial charge < -0.3 is 24.2 Å². The molecule has 1 amide bonds. The van der Waals surface area contributed by atoms with Crippen molar-refractivity contribution < 1.29 is 23.6 Å². The zero-order chi connectivity index (χ0) is 27.2. The molecule has 11 heteroatoms. The predicted octanol–water partition coefficient (Wildman–Crippen LogP) is 4.35. The van der Waals surface area contributed by atoms with Crippen LogP contribution in [0.5, 0.6) is 0 Å². The highest BCUT2D eigenvalue weighted by Gasteiger charge is 2.41. The number of benzene rings is 1. The van der Waals surface area contributed by atoms with Gasteiger partial charge in [0.15, 0.2) is 0 Å². The lowest BCUT2D eigenvalue weighted by atomic mass is 9.89. The highest BCUT2D eigenvalue weighted by Crippen LogP contribution is 2.35. The van der Waals surface area contributed by atoms with Crippen molar-refractivity contribution in [1.29, 1.82) is 0 Å². The zero-order valence-electron chi connectivity index (χ0n) is 22.8. The van der Waals surface area contributed by atoms with E-state index >= 15 is 0 Å². The van der Waals surface area contributed by atoms with E-state index < -0.39 is 17.0 Å². The Labute approximate surface area is 221 Å². The number of hydrogen-bond acceptors (Lipinski definition) is 8. The fourth-order valence-electron chi connectivity index (χ4n) is 5.42. The summed E-state index contributed by atoms with van der Waals surface area (Å²) in [6.07, 6.45) is 2.33. The summed E-state index contributed by atoms with van der Waals surface area (Å²) in [5, 5.41) is 20.7. The second kappa shape index (κ2) is 9.92. The summed E-state index contributed by atoms with van der Waals surface area (Å²) in [4.78, 5) is 21.0. The van der Waals surface area contributed by atoms with Gasteiger partial charge in [-0.05, 0) is 63.6 Å². The minimum absolute atomic E-state index is 0.0800. The van der Waals surface area contributed by atoms with E-state index in [2.05, 4.69) is 20.1 Å². The van der Waals surface area contributed by atoms with Gasteiger partial charge in [-0.3, -0.25) is 0 Å². The summed E-state index contributed by atoms with van der Waals surface area (Å²) in [5.41, 5.74) is -0.727. The van der Waals surface area contributed by atoms with Crippen LogP contribution >= 0.6 is 0 Å². The van der Waals surface area contributed by atoms with Crippen molar-refractivity contribution in [2.75, 3.05) is 26.2 Å². The SMILES string of the molecule is CC(C)c1nn(-c2noc(C3(O)CCN(C4CCN(C(=O)OC(C)(C)C)CC4)CC3)n2)c2c(F)cccc12. The molecule has 2 aliphatic heterocycles. The second-order valence-electron chi connectivity index (χ2n) is 11.8. The molecule has 3 aromatic rings. The van der Waals surface area contributed by atoms with Crippen LogP contribution in [0.25, 0.3) is 16.9 Å². The van der Waals surface area contributed by atoms with Crippen LogP contribution in [0.2, 0.25) is 0 Å². The Morgan fingerprint density at radius 2 is 1.87 bits per heavy atom. The van der Waals surface area contributed by atoms with E-state index in [0.29, 0.717) is 56.0 Å². The first kappa shape index (κ1) is 26.6. The summed E-state index contributed by atoms with van der Waals surface area (Å²) in [6.45, 7) is 12.3. The third-order valence-electron chi connectivity index (χ3n) is 7.49. The molecule has 0 radical (unpaired) electrons. The maximum atomic E-state index is 14.8. The van der Waals surface area contributed by atoms with Gasteiger partial charge in [0.1, 0.15) is 22.5 Å². The molecule has 206 valence electrons. The summed E-state index contributed by atoms with van der Waals surface area (Å²) < 4.78 is 27.2. The van der Waals surface area contributed by atoms with Crippen molar-refractivity contribution in [2.24, 2.45) is 0 Å². The summed E-state index contributed by atoms with van der Waals surface area (Å²) in [5.74, 6) is -0.111. The molecule has 1 N–H and O–H groups in total. The maximum absolute atomic E-state index is 14.8. The second-order valence-corrected chi connectivity index (χ2v) is 11.8. The fourth-order valence-corrected chi connectivity index (χ4v) is 5.42. The number of carbonyl (C=O) groups excluding carboxylic acids is 1. The Morgan fingerprint density at radius 3 is 2.50 bits per heavy atom. The number of nitrogens with zero attached hydrogens (tertiary/aromatic N) is 6. The minimum Gasteiger partial charge on any atom is -0.444 e. The molecule has 2 aliphatic rings. The van der Waals surface area contributed by atoms with Crippen molar-refractivity contribution in [2.45, 2.75) is 83.5 Å². The number of halogens is 1. The Balaban J connectivity index is 1.24. The number of hydrogen-bond donors (Lipinski definition) is 1. The van der Waals surface area contributed by atoms with Gasteiger partial charge in [0, 0.05) is 37.6 Å². The molecule has 38 heavy (non-hydrogen) atoms. The molecule has 0 atom stereocenters. The van der Waals surface area contributed by atoms with Gasteiger partial charge in [-0.25, -0.2) is 9.18 Å². The first-order valence-corrected chi connectivity index (χ1v) is 13.4. The van der Waals surface area contributed by atoms with Gasteiger partial charge in [-0.2, -0.15) is 14.8 Å². The van der Waals surface area contributed by atoms with Gasteiger partial charge in [0.25, 0.3) is 11.8 Å². The molecule has 2 aromatic heterocycles. The number of rotatable bonds is 4. The molecule has 2 saturated heterocycles. The van der Waals surface area contributed by atoms with Gasteiger partial charge >= 0.3 is 6.09 Å². The summed E-state index contributed by atoms with van der Waals surface area (Å²) in [6, 6.07) is 5.21. The number of aromatic nitrogens is 4. The first-order chi connectivity index (χ1) is 17.9. The third kappa shape index (κ3) is 5.13. The average molecular weight is 529 g/mol. The smallest absolute Gasteiger partial charge is 0.410 e. The fraction of sp³-hybridized carbons (Fsp3) is 0.630. The largest absolute Gasteiger partial charge is 0.444 e. The van der Waals surface area contributed by atoms with E-state index in [9.17, 15) is 14.3 Å². The number of ether oxygens (including phenoxy) is 1. The van der Waals surface area contributed by atoms with E-state index in [1.807, 2.05) is 40.7 Å². The lowest BCUT2D eigenvalue weighted by Gasteiger charge is -2.43. The Bertz CT molecular complexity index is 1300. The highest BCUT2D eigenvalue weighted by molar-refractivity contribution is 5.84. The van der Waals surface area contributed by atoms with Crippen LogP contribution < -0.4 is 0 Å². The summed E-state index contributed by atoms with van der Waals surface area (Å²) in [7, 11) is 0. The zero-order valence-corrected chi connectivity index (χ0v) is 22.8. The molecule has 0 bridgehead atoms. The van der Waals surface area contributed by atoms with Crippen LogP contribution in [0, 0.1) is 5.82 Å². The van der Waals surface area contributed by atoms with Gasteiger partial charge in [0.2, 0.25) is 0 Å². The van der Waals surface area contributed by atoms with Crippen LogP contribution in [0.3, 0.4) is 0 Å². The van der Waals surface area contributed by atoms with Crippen molar-refractivity contribution in [3.05, 3.63) is 35.6 Å². The van der Waals surface area contributed by atoms with Crippen molar-refractivity contribution in [3.8, 4) is 5.95 Å². The molecule has 10 nitrogen and oxygen atoms in total. The minimum atomic E-state index is -1.26. The van der Waals surface area contributed by atoms with Gasteiger partial charge in [-0.1, -0.05) is 26.0 Å². The quantitative estimate of drug-likeness (QED) is 0.532. The van der Waals surface area contributed by atoms with Crippen molar-refractivity contribution >= 4 is 17.0 Å². The molecule has 4 heterocycles. The van der Waals surface area contributed by atoms with Gasteiger partial charge in [-0.15, -0.1) is 0 Å². The van der Waals surface area contributed by atoms with Crippen LogP contribution in [0.1, 0.15) is 77.8 Å². The number of amides is 1. The predicted molar refractivity (Wildman–Crippen MR) is 139 cm³/mol. The number of para-hydroxylation sites is 1.